The Morgan fingerprint density at radius 2 is 0.984 bits per heavy atom. The van der Waals surface area contributed by atoms with Gasteiger partial charge in [-0.2, -0.15) is 0 Å². The van der Waals surface area contributed by atoms with Gasteiger partial charge in [0.2, 0.25) is 0 Å². The molecule has 0 saturated heterocycles. The summed E-state index contributed by atoms with van der Waals surface area (Å²) in [5, 5.41) is 0. The van der Waals surface area contributed by atoms with E-state index in [-0.39, 0.29) is 22.2 Å². The predicted octanol–water partition coefficient (Wildman–Crippen LogP) is 16.8. The molecule has 3 aliphatic carbocycles. The van der Waals surface area contributed by atoms with Crippen molar-refractivity contribution >= 4 is 40.0 Å². The fraction of sp³-hybridized carbons (Fsp3) is 0.316. The molecule has 0 aliphatic heterocycles. The van der Waals surface area contributed by atoms with E-state index in [4.69, 9.17) is 9.47 Å². The Morgan fingerprint density at radius 1 is 0.540 bits per heavy atom. The van der Waals surface area contributed by atoms with Crippen molar-refractivity contribution in [2.45, 2.75) is 90.9 Å². The molecule has 0 radical (unpaired) electrons. The molecule has 3 nitrogen and oxygen atoms in total. The largest absolute Gasteiger partial charge is 0.494 e. The molecule has 1 spiro atoms. The Kier molecular flexibility index (Phi) is 11.2. The third-order valence-corrected chi connectivity index (χ3v) is 18.2. The highest BCUT2D eigenvalue weighted by Gasteiger charge is 2.71. The second-order valence-electron chi connectivity index (χ2n) is 18.8. The van der Waals surface area contributed by atoms with E-state index < -0.39 is 0 Å². The second-order valence-corrected chi connectivity index (χ2v) is 22.2. The van der Waals surface area contributed by atoms with Crippen molar-refractivity contribution in [2.75, 3.05) is 13.2 Å². The Morgan fingerprint density at radius 3 is 1.54 bits per heavy atom. The van der Waals surface area contributed by atoms with Crippen molar-refractivity contribution < 1.29 is 14.3 Å². The zero-order valence-electron chi connectivity index (χ0n) is 37.0. The zero-order valence-corrected chi connectivity index (χ0v) is 39.4. The van der Waals surface area contributed by atoms with Crippen LogP contribution in [0.25, 0.3) is 63.3 Å². The number of esters is 1. The smallest absolute Gasteiger partial charge is 0.333 e. The van der Waals surface area contributed by atoms with E-state index in [0.717, 1.165) is 37.9 Å². The number of rotatable bonds is 15. The van der Waals surface area contributed by atoms with Crippen LogP contribution in [-0.4, -0.2) is 19.2 Å². The number of hydrogen-bond donors (Lipinski definition) is 0. The molecule has 2 fully saturated rings. The average Bonchev–Trinajstić information content (AvgIpc) is 4.16. The lowest BCUT2D eigenvalue weighted by Gasteiger charge is -2.45. The molecule has 4 aromatic carbocycles. The van der Waals surface area contributed by atoms with E-state index in [0.29, 0.717) is 18.8 Å². The molecule has 63 heavy (non-hydrogen) atoms. The number of unbranched alkanes of at least 4 members (excludes halogenated alkanes) is 4. The first kappa shape index (κ1) is 42.0. The molecule has 0 N–H and O–H groups in total. The molecule has 6 heteroatoms. The van der Waals surface area contributed by atoms with Crippen LogP contribution >= 0.6 is 34.0 Å². The highest BCUT2D eigenvalue weighted by molar-refractivity contribution is 7.23. The first-order chi connectivity index (χ1) is 30.5. The second kappa shape index (κ2) is 16.8. The van der Waals surface area contributed by atoms with Gasteiger partial charge in [0.05, 0.1) is 13.2 Å². The van der Waals surface area contributed by atoms with Crippen LogP contribution in [0.4, 0.5) is 0 Å². The fourth-order valence-corrected chi connectivity index (χ4v) is 14.4. The van der Waals surface area contributed by atoms with Crippen molar-refractivity contribution in [3.8, 4) is 69.1 Å². The van der Waals surface area contributed by atoms with Gasteiger partial charge in [0.25, 0.3) is 0 Å². The maximum absolute atomic E-state index is 11.5. The van der Waals surface area contributed by atoms with Crippen LogP contribution in [0.5, 0.6) is 5.75 Å². The molecule has 3 aromatic heterocycles. The topological polar surface area (TPSA) is 35.5 Å². The number of fused-ring (bicyclic) bond motifs is 3. The maximum atomic E-state index is 11.5. The van der Waals surface area contributed by atoms with Crippen molar-refractivity contribution in [3.05, 3.63) is 149 Å². The van der Waals surface area contributed by atoms with Crippen molar-refractivity contribution in [2.24, 2.45) is 10.8 Å². The molecular formula is C57H56O3S3. The van der Waals surface area contributed by atoms with Crippen LogP contribution in [0.3, 0.4) is 0 Å². The quantitative estimate of drug-likeness (QED) is 0.0585. The number of carbonyl (C=O) groups excluding carboxylic acids is 1. The van der Waals surface area contributed by atoms with E-state index in [2.05, 4.69) is 149 Å². The fourth-order valence-electron chi connectivity index (χ4n) is 11.4. The van der Waals surface area contributed by atoms with Gasteiger partial charge >= 0.3 is 5.97 Å². The molecule has 0 amide bonds. The zero-order chi connectivity index (χ0) is 43.3. The third kappa shape index (κ3) is 7.46. The van der Waals surface area contributed by atoms with Gasteiger partial charge in [-0.25, -0.2) is 4.79 Å². The lowest BCUT2D eigenvalue weighted by Crippen LogP contribution is -2.42. The predicted molar refractivity (Wildman–Crippen MR) is 267 cm³/mol. The van der Waals surface area contributed by atoms with E-state index >= 15 is 0 Å². The normalized spacial score (nSPS) is 20.6. The summed E-state index contributed by atoms with van der Waals surface area (Å²) in [5.74, 6) is 0.604. The van der Waals surface area contributed by atoms with Gasteiger partial charge in [0.15, 0.2) is 0 Å². The third-order valence-electron chi connectivity index (χ3n) is 14.7. The van der Waals surface area contributed by atoms with Gasteiger partial charge in [0.1, 0.15) is 5.75 Å². The SMILES string of the molecule is C=C(C)C(=O)OCCCCCCCOc1ccc(-c2ccc(-c3ccc(-c4ccc5c(c4)C4(c6cc(-c7ccc(-c8ccc(C)s8)s7)ccc6-5)C5(C)CCC4(C)CC5)s3)cc2)cc1. The Bertz CT molecular complexity index is 2790. The van der Waals surface area contributed by atoms with Crippen molar-refractivity contribution in [1.29, 1.82) is 0 Å². The minimum atomic E-state index is -0.299. The van der Waals surface area contributed by atoms with Gasteiger partial charge in [-0.1, -0.05) is 100 Å². The Labute approximate surface area is 385 Å². The summed E-state index contributed by atoms with van der Waals surface area (Å²) >= 11 is 5.72. The summed E-state index contributed by atoms with van der Waals surface area (Å²) in [6.07, 6.45) is 10.3. The van der Waals surface area contributed by atoms with Gasteiger partial charge in [-0.3, -0.25) is 0 Å². The van der Waals surface area contributed by atoms with Crippen LogP contribution in [0.1, 0.15) is 94.6 Å². The van der Waals surface area contributed by atoms with Crippen LogP contribution in [0, 0.1) is 17.8 Å². The van der Waals surface area contributed by atoms with Gasteiger partial charge < -0.3 is 9.47 Å². The van der Waals surface area contributed by atoms with Gasteiger partial charge in [-0.15, -0.1) is 34.0 Å². The average molecular weight is 885 g/mol. The van der Waals surface area contributed by atoms with E-state index in [1.165, 1.54) is 93.9 Å². The number of carbonyl (C=O) groups is 1. The highest BCUT2D eigenvalue weighted by atomic mass is 32.1. The summed E-state index contributed by atoms with van der Waals surface area (Å²) in [5.41, 5.74) is 13.3. The molecule has 10 rings (SSSR count). The van der Waals surface area contributed by atoms with E-state index in [1.54, 1.807) is 18.1 Å². The molecule has 0 unspecified atom stereocenters. The molecule has 320 valence electrons. The summed E-state index contributed by atoms with van der Waals surface area (Å²) < 4.78 is 11.2. The van der Waals surface area contributed by atoms with Crippen LogP contribution in [0.2, 0.25) is 0 Å². The molecule has 7 aromatic rings. The minimum Gasteiger partial charge on any atom is -0.494 e. The molecule has 2 bridgehead atoms. The minimum absolute atomic E-state index is 0.00776. The standard InChI is InChI=1S/C57H56O3S3/c1-37(2)54(58)60-34-10-8-6-7-9-33-59-44-20-16-40(17-21-44)39-12-14-41(15-13-39)49-25-26-50(62-49)42-18-22-45-46-23-19-43(51-27-28-53(63-51)52-24-11-38(3)61-52)36-48(46)57(47(45)35-42)55(4)29-31-56(57,5)32-30-55/h11-28,35-36H,1,6-10,29-34H2,2-5H3. The number of benzene rings is 4. The van der Waals surface area contributed by atoms with Crippen LogP contribution in [0.15, 0.2) is 133 Å². The summed E-state index contributed by atoms with van der Waals surface area (Å²) in [6.45, 7) is 13.9. The number of ether oxygens (including phenoxy) is 2. The summed E-state index contributed by atoms with van der Waals surface area (Å²) in [6, 6.07) is 46.2. The van der Waals surface area contributed by atoms with Gasteiger partial charge in [-0.05, 0) is 174 Å². The van der Waals surface area contributed by atoms with Crippen molar-refractivity contribution in [3.63, 3.8) is 0 Å². The number of aryl methyl sites for hydroxylation is 1. The van der Waals surface area contributed by atoms with Gasteiger partial charge in [0, 0.05) is 40.3 Å². The monoisotopic (exact) mass is 884 g/mol. The van der Waals surface area contributed by atoms with Crippen LogP contribution < -0.4 is 4.74 Å². The molecule has 3 heterocycles. The molecule has 3 aliphatic rings. The van der Waals surface area contributed by atoms with E-state index in [1.807, 2.05) is 34.0 Å². The lowest BCUT2D eigenvalue weighted by atomic mass is 9.57. The van der Waals surface area contributed by atoms with E-state index in [9.17, 15) is 4.79 Å². The maximum Gasteiger partial charge on any atom is 0.333 e. The van der Waals surface area contributed by atoms with Crippen LogP contribution in [-0.2, 0) is 14.9 Å². The Hall–Kier alpha value is -5.01. The lowest BCUT2D eigenvalue weighted by molar-refractivity contribution is -0.139. The summed E-state index contributed by atoms with van der Waals surface area (Å²) in [7, 11) is 0. The molecular weight excluding hydrogens is 829 g/mol. The molecule has 2 saturated carbocycles. The van der Waals surface area contributed by atoms with Crippen molar-refractivity contribution in [1.82, 2.24) is 0 Å². The molecule has 0 atom stereocenters. The first-order valence-electron chi connectivity index (χ1n) is 22.8. The number of thiophene rings is 3. The Balaban J connectivity index is 0.826. The number of hydrogen-bond acceptors (Lipinski definition) is 6. The summed E-state index contributed by atoms with van der Waals surface area (Å²) in [4.78, 5) is 19.6. The first-order valence-corrected chi connectivity index (χ1v) is 25.2. The highest BCUT2D eigenvalue weighted by Crippen LogP contribution is 2.78.